The standard InChI is InChI=1S/C20H30N6O2.C15H20N4O4S/c1-6-28-18(27)16-13-17(26(24-16)20(2,3)4)15-7-10-21-19(23-15)22-14-8-11-25(5)12-9-14;1-6-23-13(20)11-9-12(19(18-11)15(2,3)4)10-7-8-16-14(17-10)24(5,21)22/h7,10,13-14H,6,8-9,11-12H2,1-5H3,(H,21,22,23);7-9H,6H2,1-5H3. The number of nitrogens with one attached hydrogen (secondary N) is 1. The summed E-state index contributed by atoms with van der Waals surface area (Å²) in [5.74, 6) is -0.365. The number of anilines is 1. The molecule has 0 aromatic carbocycles. The van der Waals surface area contributed by atoms with Gasteiger partial charge in [0.1, 0.15) is 0 Å². The van der Waals surface area contributed by atoms with E-state index in [2.05, 4.69) is 42.4 Å². The molecule has 282 valence electrons. The van der Waals surface area contributed by atoms with E-state index in [9.17, 15) is 18.0 Å². The van der Waals surface area contributed by atoms with Crippen LogP contribution in [0.2, 0.25) is 0 Å². The van der Waals surface area contributed by atoms with E-state index in [4.69, 9.17) is 14.5 Å². The predicted octanol–water partition coefficient (Wildman–Crippen LogP) is 4.45. The van der Waals surface area contributed by atoms with Crippen LogP contribution in [-0.2, 0) is 30.4 Å². The molecule has 1 fully saturated rings. The van der Waals surface area contributed by atoms with Crippen molar-refractivity contribution in [3.8, 4) is 22.8 Å². The lowest BCUT2D eigenvalue weighted by molar-refractivity contribution is 0.0508. The quantitative estimate of drug-likeness (QED) is 0.187. The van der Waals surface area contributed by atoms with Crippen molar-refractivity contribution in [1.29, 1.82) is 0 Å². The Morgan fingerprint density at radius 3 is 1.71 bits per heavy atom. The Hall–Kier alpha value is -4.77. The molecule has 0 radical (unpaired) electrons. The number of esters is 2. The normalized spacial score (nSPS) is 14.3. The SMILES string of the molecule is CCOC(=O)c1cc(-c2ccnc(NC3CCN(C)CC3)n2)n(C(C)(C)C)n1.CCOC(=O)c1cc(-c2ccnc(S(C)(=O)=O)n2)n(C(C)(C)C)n1. The third kappa shape index (κ3) is 10.2. The smallest absolute Gasteiger partial charge is 0.358 e. The number of sulfone groups is 1. The third-order valence-corrected chi connectivity index (χ3v) is 8.72. The molecule has 0 atom stereocenters. The summed E-state index contributed by atoms with van der Waals surface area (Å²) in [6, 6.07) is 7.06. The summed E-state index contributed by atoms with van der Waals surface area (Å²) in [5.41, 5.74) is 2.04. The second kappa shape index (κ2) is 16.3. The Kier molecular flexibility index (Phi) is 12.5. The van der Waals surface area contributed by atoms with Gasteiger partial charge < -0.3 is 19.7 Å². The molecule has 1 aliphatic heterocycles. The molecule has 5 rings (SSSR count). The van der Waals surface area contributed by atoms with Gasteiger partial charge in [0.25, 0.3) is 0 Å². The highest BCUT2D eigenvalue weighted by Crippen LogP contribution is 2.28. The predicted molar refractivity (Wildman–Crippen MR) is 196 cm³/mol. The van der Waals surface area contributed by atoms with E-state index in [0.717, 1.165) is 43.6 Å². The molecule has 0 saturated carbocycles. The van der Waals surface area contributed by atoms with Crippen LogP contribution in [0.1, 0.15) is 89.2 Å². The number of rotatable bonds is 9. The number of carbonyl (C=O) groups is 2. The second-order valence-corrected chi connectivity index (χ2v) is 16.3. The molecule has 1 N–H and O–H groups in total. The van der Waals surface area contributed by atoms with Gasteiger partial charge >= 0.3 is 11.9 Å². The van der Waals surface area contributed by atoms with E-state index in [1.807, 2.05) is 52.3 Å². The maximum Gasteiger partial charge on any atom is 0.358 e. The lowest BCUT2D eigenvalue weighted by atomic mass is 10.1. The highest BCUT2D eigenvalue weighted by atomic mass is 32.2. The summed E-state index contributed by atoms with van der Waals surface area (Å²) in [4.78, 5) is 43.4. The van der Waals surface area contributed by atoms with Crippen molar-refractivity contribution in [2.24, 2.45) is 0 Å². The van der Waals surface area contributed by atoms with Crippen LogP contribution in [-0.4, -0.2) is 110 Å². The van der Waals surface area contributed by atoms with Gasteiger partial charge in [0.05, 0.1) is 47.1 Å². The first-order chi connectivity index (χ1) is 24.3. The molecule has 0 bridgehead atoms. The summed E-state index contributed by atoms with van der Waals surface area (Å²) < 4.78 is 36.9. The highest BCUT2D eigenvalue weighted by Gasteiger charge is 2.27. The summed E-state index contributed by atoms with van der Waals surface area (Å²) >= 11 is 0. The minimum absolute atomic E-state index is 0.140. The molecule has 1 saturated heterocycles. The number of ether oxygens (including phenoxy) is 2. The zero-order valence-corrected chi connectivity index (χ0v) is 32.5. The van der Waals surface area contributed by atoms with Gasteiger partial charge in [-0.1, -0.05) is 0 Å². The van der Waals surface area contributed by atoms with Gasteiger partial charge in [0, 0.05) is 36.8 Å². The number of hydrogen-bond acceptors (Lipinski definition) is 14. The van der Waals surface area contributed by atoms with E-state index in [0.29, 0.717) is 30.0 Å². The molecule has 0 aliphatic carbocycles. The van der Waals surface area contributed by atoms with Gasteiger partial charge in [-0.3, -0.25) is 9.36 Å². The first-order valence-corrected chi connectivity index (χ1v) is 19.1. The number of aromatic nitrogens is 8. The average Bonchev–Trinajstić information content (AvgIpc) is 3.73. The molecular weight excluding hydrogens is 689 g/mol. The second-order valence-electron chi connectivity index (χ2n) is 14.4. The van der Waals surface area contributed by atoms with Gasteiger partial charge in [-0.05, 0) is 101 Å². The Bertz CT molecular complexity index is 1970. The van der Waals surface area contributed by atoms with Crippen LogP contribution in [0.4, 0.5) is 5.95 Å². The lowest BCUT2D eigenvalue weighted by Gasteiger charge is -2.29. The van der Waals surface area contributed by atoms with Crippen molar-refractivity contribution in [3.05, 3.63) is 48.0 Å². The van der Waals surface area contributed by atoms with E-state index < -0.39 is 27.3 Å². The van der Waals surface area contributed by atoms with Gasteiger partial charge in [-0.25, -0.2) is 37.9 Å². The molecule has 1 aliphatic rings. The molecule has 0 amide bonds. The largest absolute Gasteiger partial charge is 0.461 e. The van der Waals surface area contributed by atoms with Crippen molar-refractivity contribution in [2.45, 2.75) is 90.5 Å². The highest BCUT2D eigenvalue weighted by molar-refractivity contribution is 7.90. The lowest BCUT2D eigenvalue weighted by Crippen LogP contribution is -2.37. The van der Waals surface area contributed by atoms with Gasteiger partial charge in [-0.2, -0.15) is 10.2 Å². The third-order valence-electron chi connectivity index (χ3n) is 7.86. The molecule has 16 nitrogen and oxygen atoms in total. The monoisotopic (exact) mass is 738 g/mol. The van der Waals surface area contributed by atoms with Gasteiger partial charge in [0.2, 0.25) is 20.9 Å². The average molecular weight is 739 g/mol. The molecule has 5 heterocycles. The fourth-order valence-corrected chi connectivity index (χ4v) is 5.84. The van der Waals surface area contributed by atoms with E-state index in [1.54, 1.807) is 36.9 Å². The number of carbonyl (C=O) groups excluding carboxylic acids is 2. The molecule has 0 spiro atoms. The first kappa shape index (κ1) is 40.0. The Labute approximate surface area is 305 Å². The van der Waals surface area contributed by atoms with Crippen LogP contribution in [0.15, 0.2) is 41.8 Å². The summed E-state index contributed by atoms with van der Waals surface area (Å²) in [6.07, 6.45) is 6.28. The number of hydrogen-bond donors (Lipinski definition) is 1. The van der Waals surface area contributed by atoms with Crippen molar-refractivity contribution >= 4 is 27.7 Å². The van der Waals surface area contributed by atoms with Crippen molar-refractivity contribution in [2.75, 3.05) is 44.9 Å². The minimum atomic E-state index is -3.54. The van der Waals surface area contributed by atoms with E-state index in [1.165, 1.54) is 12.3 Å². The molecule has 4 aromatic heterocycles. The van der Waals surface area contributed by atoms with Crippen molar-refractivity contribution in [3.63, 3.8) is 0 Å². The molecule has 4 aromatic rings. The Balaban J connectivity index is 0.000000236. The maximum absolute atomic E-state index is 12.2. The van der Waals surface area contributed by atoms with E-state index in [-0.39, 0.29) is 28.7 Å². The van der Waals surface area contributed by atoms with Gasteiger partial charge in [-0.15, -0.1) is 0 Å². The summed E-state index contributed by atoms with van der Waals surface area (Å²) in [7, 11) is -1.40. The topological polar surface area (TPSA) is 189 Å². The van der Waals surface area contributed by atoms with Crippen LogP contribution in [0.25, 0.3) is 22.8 Å². The van der Waals surface area contributed by atoms with Crippen molar-refractivity contribution < 1.29 is 27.5 Å². The minimum Gasteiger partial charge on any atom is -0.461 e. The van der Waals surface area contributed by atoms with Gasteiger partial charge in [0.15, 0.2) is 11.4 Å². The summed E-state index contributed by atoms with van der Waals surface area (Å²) in [5, 5.41) is 12.0. The van der Waals surface area contributed by atoms with Crippen LogP contribution < -0.4 is 5.32 Å². The number of nitrogens with zero attached hydrogens (tertiary/aromatic N) is 9. The number of likely N-dealkylation sites (tertiary alicyclic amines) is 1. The molecule has 17 heteroatoms. The zero-order valence-electron chi connectivity index (χ0n) is 31.7. The molecule has 0 unspecified atom stereocenters. The number of piperidine rings is 1. The summed E-state index contributed by atoms with van der Waals surface area (Å²) in [6.45, 7) is 18.0. The fourth-order valence-electron chi connectivity index (χ4n) is 5.33. The zero-order chi connectivity index (χ0) is 38.4. The van der Waals surface area contributed by atoms with Crippen molar-refractivity contribution in [1.82, 2.24) is 44.4 Å². The molecular formula is C35H50N10O6S. The van der Waals surface area contributed by atoms with Crippen LogP contribution in [0.5, 0.6) is 0 Å². The van der Waals surface area contributed by atoms with E-state index >= 15 is 0 Å². The first-order valence-electron chi connectivity index (χ1n) is 17.2. The fraction of sp³-hybridized carbons (Fsp3) is 0.543. The maximum atomic E-state index is 12.2. The van der Waals surface area contributed by atoms with Crippen LogP contribution >= 0.6 is 0 Å². The Morgan fingerprint density at radius 2 is 1.27 bits per heavy atom. The van der Waals surface area contributed by atoms with Crippen LogP contribution in [0, 0.1) is 0 Å². The van der Waals surface area contributed by atoms with Crippen LogP contribution in [0.3, 0.4) is 0 Å². The Morgan fingerprint density at radius 1 is 0.808 bits per heavy atom. The molecule has 52 heavy (non-hydrogen) atoms.